The van der Waals surface area contributed by atoms with E-state index >= 15 is 0 Å². The van der Waals surface area contributed by atoms with Gasteiger partial charge in [-0.15, -0.1) is 24.0 Å². The number of nitrogens with one attached hydrogen (secondary N) is 2. The number of guanidine groups is 1. The molecule has 0 aliphatic carbocycles. The van der Waals surface area contributed by atoms with Crippen LogP contribution >= 0.6 is 24.0 Å². The van der Waals surface area contributed by atoms with Crippen LogP contribution in [0, 0.1) is 6.92 Å². The van der Waals surface area contributed by atoms with Crippen LogP contribution in [-0.4, -0.2) is 52.1 Å². The van der Waals surface area contributed by atoms with E-state index in [1.54, 1.807) is 7.11 Å². The zero-order valence-electron chi connectivity index (χ0n) is 17.3. The smallest absolute Gasteiger partial charge is 0.191 e. The zero-order valence-corrected chi connectivity index (χ0v) is 19.7. The number of methoxy groups -OCH3 is 1. The molecule has 0 saturated heterocycles. The first kappa shape index (κ1) is 25.9. The van der Waals surface area contributed by atoms with Crippen molar-refractivity contribution in [1.82, 2.24) is 10.6 Å². The Morgan fingerprint density at radius 3 is 2.59 bits per heavy atom. The fourth-order valence-electron chi connectivity index (χ4n) is 2.29. The first-order valence-corrected chi connectivity index (χ1v) is 9.41. The molecule has 1 aromatic carbocycles. The van der Waals surface area contributed by atoms with Crippen molar-refractivity contribution in [3.05, 3.63) is 29.3 Å². The van der Waals surface area contributed by atoms with Crippen LogP contribution in [0.25, 0.3) is 0 Å². The molecule has 0 radical (unpaired) electrons. The van der Waals surface area contributed by atoms with Crippen LogP contribution < -0.4 is 15.4 Å². The summed E-state index contributed by atoms with van der Waals surface area (Å²) in [4.78, 5) is 4.68. The van der Waals surface area contributed by atoms with Gasteiger partial charge in [-0.2, -0.15) is 0 Å². The van der Waals surface area contributed by atoms with Crippen molar-refractivity contribution in [2.45, 2.75) is 46.8 Å². The molecule has 27 heavy (non-hydrogen) atoms. The van der Waals surface area contributed by atoms with Crippen LogP contribution in [0.3, 0.4) is 0 Å². The molecule has 0 atom stereocenters. The second kappa shape index (κ2) is 15.9. The molecule has 1 rings (SSSR count). The third-order valence-corrected chi connectivity index (χ3v) is 3.53. The lowest BCUT2D eigenvalue weighted by Crippen LogP contribution is -2.38. The van der Waals surface area contributed by atoms with Crippen LogP contribution in [0.1, 0.15) is 38.3 Å². The summed E-state index contributed by atoms with van der Waals surface area (Å²) in [5, 5.41) is 6.61. The van der Waals surface area contributed by atoms with E-state index in [4.69, 9.17) is 14.2 Å². The molecule has 0 spiro atoms. The Balaban J connectivity index is 0.00000676. The van der Waals surface area contributed by atoms with E-state index in [-0.39, 0.29) is 30.1 Å². The van der Waals surface area contributed by atoms with Crippen molar-refractivity contribution in [2.75, 3.05) is 40.0 Å². The second-order valence-corrected chi connectivity index (χ2v) is 6.36. The highest BCUT2D eigenvalue weighted by Gasteiger charge is 2.06. The van der Waals surface area contributed by atoms with Gasteiger partial charge < -0.3 is 24.8 Å². The lowest BCUT2D eigenvalue weighted by molar-refractivity contribution is 0.0698. The van der Waals surface area contributed by atoms with Gasteiger partial charge in [0.15, 0.2) is 5.96 Å². The Labute approximate surface area is 181 Å². The van der Waals surface area contributed by atoms with Crippen molar-refractivity contribution < 1.29 is 14.2 Å². The highest BCUT2D eigenvalue weighted by Crippen LogP contribution is 2.22. The number of rotatable bonds is 12. The van der Waals surface area contributed by atoms with Crippen LogP contribution in [0.2, 0.25) is 0 Å². The number of aliphatic imine (C=N–C) groups is 1. The molecule has 0 fully saturated rings. The number of hydrogen-bond donors (Lipinski definition) is 2. The molecular formula is C20H36IN3O3. The quantitative estimate of drug-likeness (QED) is 0.202. The van der Waals surface area contributed by atoms with E-state index < -0.39 is 0 Å². The van der Waals surface area contributed by atoms with Gasteiger partial charge in [0.2, 0.25) is 0 Å². The lowest BCUT2D eigenvalue weighted by Gasteiger charge is -2.15. The van der Waals surface area contributed by atoms with Crippen molar-refractivity contribution in [3.63, 3.8) is 0 Å². The molecule has 0 aromatic heterocycles. The minimum atomic E-state index is 0. The van der Waals surface area contributed by atoms with Gasteiger partial charge in [-0.05, 0) is 45.7 Å². The van der Waals surface area contributed by atoms with E-state index in [2.05, 4.69) is 47.7 Å². The van der Waals surface area contributed by atoms with Crippen LogP contribution in [0.15, 0.2) is 23.2 Å². The van der Waals surface area contributed by atoms with Crippen molar-refractivity contribution >= 4 is 29.9 Å². The monoisotopic (exact) mass is 493 g/mol. The van der Waals surface area contributed by atoms with E-state index in [9.17, 15) is 0 Å². The summed E-state index contributed by atoms with van der Waals surface area (Å²) in [7, 11) is 1.68. The van der Waals surface area contributed by atoms with E-state index in [1.165, 1.54) is 5.56 Å². The molecule has 0 unspecified atom stereocenters. The SMILES string of the molecule is CCNC(=NCc1ccc(C)cc1OC(C)C)NCCCOCCOC.I. The molecule has 1 aromatic rings. The molecule has 0 bridgehead atoms. The fourth-order valence-corrected chi connectivity index (χ4v) is 2.29. The van der Waals surface area contributed by atoms with Crippen LogP contribution in [0.5, 0.6) is 5.75 Å². The second-order valence-electron chi connectivity index (χ2n) is 6.36. The Morgan fingerprint density at radius 2 is 1.93 bits per heavy atom. The Bertz CT molecular complexity index is 539. The summed E-state index contributed by atoms with van der Waals surface area (Å²) < 4.78 is 16.3. The van der Waals surface area contributed by atoms with Crippen molar-refractivity contribution in [1.29, 1.82) is 0 Å². The molecule has 6 nitrogen and oxygen atoms in total. The number of benzene rings is 1. The first-order chi connectivity index (χ1) is 12.6. The molecule has 0 heterocycles. The normalized spacial score (nSPS) is 11.3. The van der Waals surface area contributed by atoms with Gasteiger partial charge in [-0.25, -0.2) is 4.99 Å². The average Bonchev–Trinajstić information content (AvgIpc) is 2.59. The van der Waals surface area contributed by atoms with Crippen LogP contribution in [0.4, 0.5) is 0 Å². The third-order valence-electron chi connectivity index (χ3n) is 3.53. The maximum absolute atomic E-state index is 5.93. The Kier molecular flexibility index (Phi) is 15.3. The minimum absolute atomic E-state index is 0. The third kappa shape index (κ3) is 12.1. The lowest BCUT2D eigenvalue weighted by atomic mass is 10.1. The summed E-state index contributed by atoms with van der Waals surface area (Å²) in [5.74, 6) is 1.71. The molecule has 0 aliphatic heterocycles. The number of nitrogens with zero attached hydrogens (tertiary/aromatic N) is 1. The molecule has 7 heteroatoms. The summed E-state index contributed by atoms with van der Waals surface area (Å²) >= 11 is 0. The molecular weight excluding hydrogens is 457 g/mol. The summed E-state index contributed by atoms with van der Waals surface area (Å²) in [6, 6.07) is 6.25. The van der Waals surface area contributed by atoms with Gasteiger partial charge in [0.1, 0.15) is 5.75 Å². The number of aryl methyl sites for hydroxylation is 1. The van der Waals surface area contributed by atoms with Gasteiger partial charge in [0.05, 0.1) is 25.9 Å². The zero-order chi connectivity index (χ0) is 19.2. The Hall–Kier alpha value is -1.06. The molecule has 0 saturated carbocycles. The molecule has 0 aliphatic rings. The highest BCUT2D eigenvalue weighted by atomic mass is 127. The van der Waals surface area contributed by atoms with Crippen molar-refractivity contribution in [2.24, 2.45) is 4.99 Å². The van der Waals surface area contributed by atoms with E-state index in [0.717, 1.165) is 36.8 Å². The summed E-state index contributed by atoms with van der Waals surface area (Å²) in [6.45, 7) is 12.4. The number of ether oxygens (including phenoxy) is 3. The van der Waals surface area contributed by atoms with Crippen molar-refractivity contribution in [3.8, 4) is 5.75 Å². The fraction of sp³-hybridized carbons (Fsp3) is 0.650. The molecule has 0 amide bonds. The number of hydrogen-bond acceptors (Lipinski definition) is 4. The average molecular weight is 493 g/mol. The largest absolute Gasteiger partial charge is 0.491 e. The summed E-state index contributed by atoms with van der Waals surface area (Å²) in [5.41, 5.74) is 2.27. The predicted octanol–water partition coefficient (Wildman–Crippen LogP) is 3.51. The topological polar surface area (TPSA) is 64.1 Å². The minimum Gasteiger partial charge on any atom is -0.491 e. The number of halogens is 1. The summed E-state index contributed by atoms with van der Waals surface area (Å²) in [6.07, 6.45) is 1.06. The van der Waals surface area contributed by atoms with Crippen LogP contribution in [-0.2, 0) is 16.0 Å². The maximum atomic E-state index is 5.93. The van der Waals surface area contributed by atoms with Gasteiger partial charge in [0, 0.05) is 32.4 Å². The standard InChI is InChI=1S/C20H35N3O3.HI/c1-6-21-20(22-10-7-11-25-13-12-24-5)23-15-18-9-8-17(4)14-19(18)26-16(2)3;/h8-9,14,16H,6-7,10-13,15H2,1-5H3,(H2,21,22,23);1H. The molecule has 156 valence electrons. The van der Waals surface area contributed by atoms with Gasteiger partial charge in [0.25, 0.3) is 0 Å². The van der Waals surface area contributed by atoms with E-state index in [1.807, 2.05) is 13.8 Å². The predicted molar refractivity (Wildman–Crippen MR) is 122 cm³/mol. The maximum Gasteiger partial charge on any atom is 0.191 e. The van der Waals surface area contributed by atoms with Gasteiger partial charge in [-0.3, -0.25) is 0 Å². The Morgan fingerprint density at radius 1 is 1.15 bits per heavy atom. The van der Waals surface area contributed by atoms with Gasteiger partial charge >= 0.3 is 0 Å². The van der Waals surface area contributed by atoms with E-state index in [0.29, 0.717) is 26.4 Å². The van der Waals surface area contributed by atoms with Gasteiger partial charge in [-0.1, -0.05) is 12.1 Å². The molecule has 2 N–H and O–H groups in total. The highest BCUT2D eigenvalue weighted by molar-refractivity contribution is 14.0. The first-order valence-electron chi connectivity index (χ1n) is 9.41.